The second-order valence-corrected chi connectivity index (χ2v) is 6.98. The number of likely N-dealkylation sites (N-methyl/N-ethyl adjacent to an activating group) is 1. The van der Waals surface area contributed by atoms with Crippen molar-refractivity contribution in [3.8, 4) is 0 Å². The predicted octanol–water partition coefficient (Wildman–Crippen LogP) is -0.972. The first kappa shape index (κ1) is 18.9. The predicted molar refractivity (Wildman–Crippen MR) is 90.5 cm³/mol. The van der Waals surface area contributed by atoms with Crippen molar-refractivity contribution >= 4 is 17.8 Å². The fraction of sp³-hybridized carbons (Fsp3) is 0.812. The number of nitrogens with one attached hydrogen (secondary N) is 1. The van der Waals surface area contributed by atoms with Gasteiger partial charge < -0.3 is 14.7 Å². The minimum Gasteiger partial charge on any atom is -0.339 e. The van der Waals surface area contributed by atoms with Crippen molar-refractivity contribution in [3.63, 3.8) is 0 Å². The van der Waals surface area contributed by atoms with E-state index in [0.29, 0.717) is 32.5 Å². The Balaban J connectivity index is 1.44. The Morgan fingerprint density at radius 2 is 2.00 bits per heavy atom. The molecule has 0 unspecified atom stereocenters. The molecule has 3 aliphatic rings. The SMILES string of the molecule is CON1C(=O)N2C[C@H]1CC[C@H]2C(=O)NOCC(=O)N1CCCN(C)CC1. The van der Waals surface area contributed by atoms with E-state index in [2.05, 4.69) is 10.4 Å². The number of fused-ring (bicyclic) bond motifs is 2. The molecule has 10 nitrogen and oxygen atoms in total. The molecule has 0 aromatic rings. The first-order valence-corrected chi connectivity index (χ1v) is 9.03. The highest BCUT2D eigenvalue weighted by Crippen LogP contribution is 2.29. The minimum atomic E-state index is -0.596. The van der Waals surface area contributed by atoms with Crippen LogP contribution in [0.15, 0.2) is 0 Å². The maximum Gasteiger partial charge on any atom is 0.345 e. The van der Waals surface area contributed by atoms with E-state index in [4.69, 9.17) is 9.68 Å². The highest BCUT2D eigenvalue weighted by atomic mass is 16.7. The lowest BCUT2D eigenvalue weighted by molar-refractivity contribution is -0.147. The molecule has 4 amide bonds. The molecule has 26 heavy (non-hydrogen) atoms. The summed E-state index contributed by atoms with van der Waals surface area (Å²) >= 11 is 0. The van der Waals surface area contributed by atoms with Gasteiger partial charge in [-0.25, -0.2) is 10.3 Å². The van der Waals surface area contributed by atoms with Gasteiger partial charge in [0.15, 0.2) is 6.61 Å². The van der Waals surface area contributed by atoms with E-state index < -0.39 is 11.9 Å². The van der Waals surface area contributed by atoms with Crippen LogP contribution < -0.4 is 5.48 Å². The number of hydrogen-bond donors (Lipinski definition) is 1. The number of piperidine rings is 1. The van der Waals surface area contributed by atoms with Gasteiger partial charge in [0.2, 0.25) is 0 Å². The third-order valence-electron chi connectivity index (χ3n) is 5.26. The van der Waals surface area contributed by atoms with Crippen LogP contribution in [0.5, 0.6) is 0 Å². The summed E-state index contributed by atoms with van der Waals surface area (Å²) in [5.41, 5.74) is 2.33. The second kappa shape index (κ2) is 8.19. The van der Waals surface area contributed by atoms with Gasteiger partial charge in [-0.05, 0) is 32.9 Å². The number of amides is 4. The zero-order valence-corrected chi connectivity index (χ0v) is 15.3. The fourth-order valence-electron chi connectivity index (χ4n) is 3.76. The van der Waals surface area contributed by atoms with Crippen molar-refractivity contribution in [2.75, 3.05) is 53.5 Å². The van der Waals surface area contributed by atoms with Crippen LogP contribution in [-0.2, 0) is 19.3 Å². The van der Waals surface area contributed by atoms with Crippen LogP contribution in [0.1, 0.15) is 19.3 Å². The maximum absolute atomic E-state index is 12.4. The maximum atomic E-state index is 12.4. The van der Waals surface area contributed by atoms with Gasteiger partial charge in [0, 0.05) is 26.2 Å². The summed E-state index contributed by atoms with van der Waals surface area (Å²) in [6, 6.07) is -0.916. The Kier molecular flexibility index (Phi) is 5.94. The number of nitrogens with zero attached hydrogens (tertiary/aromatic N) is 4. The zero-order chi connectivity index (χ0) is 18.7. The molecular formula is C16H27N5O5. The van der Waals surface area contributed by atoms with Gasteiger partial charge in [-0.15, -0.1) is 0 Å². The first-order valence-electron chi connectivity index (χ1n) is 9.03. The van der Waals surface area contributed by atoms with Crippen LogP contribution in [0.4, 0.5) is 4.79 Å². The molecule has 0 aromatic carbocycles. The van der Waals surface area contributed by atoms with Crippen molar-refractivity contribution < 1.29 is 24.1 Å². The van der Waals surface area contributed by atoms with Crippen LogP contribution in [0, 0.1) is 0 Å². The lowest BCUT2D eigenvalue weighted by atomic mass is 10.0. The molecule has 2 atom stereocenters. The van der Waals surface area contributed by atoms with Crippen molar-refractivity contribution in [1.29, 1.82) is 0 Å². The topological polar surface area (TPSA) is 94.7 Å². The summed E-state index contributed by atoms with van der Waals surface area (Å²) < 4.78 is 0. The van der Waals surface area contributed by atoms with Crippen LogP contribution in [0.3, 0.4) is 0 Å². The highest BCUT2D eigenvalue weighted by Gasteiger charge is 2.47. The van der Waals surface area contributed by atoms with Crippen molar-refractivity contribution in [2.24, 2.45) is 0 Å². The molecule has 3 aliphatic heterocycles. The molecule has 3 fully saturated rings. The van der Waals surface area contributed by atoms with Crippen LogP contribution in [-0.4, -0.2) is 103 Å². The number of rotatable bonds is 5. The van der Waals surface area contributed by atoms with Crippen molar-refractivity contribution in [3.05, 3.63) is 0 Å². The lowest BCUT2D eigenvalue weighted by Crippen LogP contribution is -2.50. The van der Waals surface area contributed by atoms with Gasteiger partial charge in [-0.1, -0.05) is 0 Å². The van der Waals surface area contributed by atoms with Crippen LogP contribution in [0.2, 0.25) is 0 Å². The summed E-state index contributed by atoms with van der Waals surface area (Å²) in [6.07, 6.45) is 2.15. The zero-order valence-electron chi connectivity index (χ0n) is 15.3. The van der Waals surface area contributed by atoms with E-state index in [0.717, 1.165) is 19.5 Å². The smallest absolute Gasteiger partial charge is 0.339 e. The third-order valence-corrected chi connectivity index (χ3v) is 5.26. The normalized spacial score (nSPS) is 26.8. The molecule has 3 heterocycles. The molecule has 0 aliphatic carbocycles. The number of carbonyl (C=O) groups is 3. The summed E-state index contributed by atoms with van der Waals surface area (Å²) in [7, 11) is 3.48. The van der Waals surface area contributed by atoms with E-state index in [1.807, 2.05) is 7.05 Å². The van der Waals surface area contributed by atoms with Gasteiger partial charge in [-0.3, -0.25) is 19.3 Å². The van der Waals surface area contributed by atoms with Crippen molar-refractivity contribution in [1.82, 2.24) is 25.2 Å². The van der Waals surface area contributed by atoms with Gasteiger partial charge in [0.25, 0.3) is 11.8 Å². The molecule has 3 rings (SSSR count). The van der Waals surface area contributed by atoms with Crippen LogP contribution >= 0.6 is 0 Å². The van der Waals surface area contributed by atoms with Gasteiger partial charge in [0.05, 0.1) is 13.2 Å². The number of hydrogen-bond acceptors (Lipinski definition) is 6. The Hall–Kier alpha value is -1.91. The van der Waals surface area contributed by atoms with E-state index in [1.165, 1.54) is 17.1 Å². The average molecular weight is 369 g/mol. The summed E-state index contributed by atoms with van der Waals surface area (Å²) in [5, 5.41) is 1.31. The summed E-state index contributed by atoms with van der Waals surface area (Å²) in [4.78, 5) is 52.5. The fourth-order valence-corrected chi connectivity index (χ4v) is 3.76. The molecule has 0 aromatic heterocycles. The third kappa shape index (κ3) is 3.92. The average Bonchev–Trinajstić information content (AvgIpc) is 2.77. The second-order valence-electron chi connectivity index (χ2n) is 6.98. The molecule has 0 spiro atoms. The van der Waals surface area contributed by atoms with E-state index in [-0.39, 0.29) is 24.6 Å². The molecule has 0 radical (unpaired) electrons. The quantitative estimate of drug-likeness (QED) is 0.627. The number of urea groups is 1. The molecule has 1 N–H and O–H groups in total. The Morgan fingerprint density at radius 3 is 2.77 bits per heavy atom. The standard InChI is InChI=1S/C16H27N5O5/c1-18-6-3-7-19(9-8-18)14(22)11-26-17-15(23)13-5-4-12-10-20(13)16(24)21(12)25-2/h12-13H,3-11H2,1-2H3,(H,17,23)/t12-,13+/m1/s1. The largest absolute Gasteiger partial charge is 0.345 e. The summed E-state index contributed by atoms with van der Waals surface area (Å²) in [6.45, 7) is 3.40. The van der Waals surface area contributed by atoms with E-state index in [9.17, 15) is 14.4 Å². The molecule has 0 saturated carbocycles. The Bertz CT molecular complexity index is 559. The minimum absolute atomic E-state index is 0.0137. The first-order chi connectivity index (χ1) is 12.5. The summed E-state index contributed by atoms with van der Waals surface area (Å²) in [5.74, 6) is -0.551. The number of hydroxylamine groups is 3. The lowest BCUT2D eigenvalue weighted by Gasteiger charge is -2.29. The monoisotopic (exact) mass is 369 g/mol. The van der Waals surface area contributed by atoms with Gasteiger partial charge in [-0.2, -0.15) is 5.06 Å². The molecule has 146 valence electrons. The van der Waals surface area contributed by atoms with E-state index >= 15 is 0 Å². The number of carbonyl (C=O) groups excluding carboxylic acids is 3. The van der Waals surface area contributed by atoms with Crippen LogP contribution in [0.25, 0.3) is 0 Å². The Morgan fingerprint density at radius 1 is 1.19 bits per heavy atom. The Labute approximate surface area is 152 Å². The van der Waals surface area contributed by atoms with Gasteiger partial charge in [0.1, 0.15) is 6.04 Å². The van der Waals surface area contributed by atoms with Crippen molar-refractivity contribution in [2.45, 2.75) is 31.3 Å². The van der Waals surface area contributed by atoms with Gasteiger partial charge >= 0.3 is 6.03 Å². The molecule has 2 bridgehead atoms. The molecule has 3 saturated heterocycles. The molecular weight excluding hydrogens is 342 g/mol. The van der Waals surface area contributed by atoms with E-state index in [1.54, 1.807) is 4.90 Å². The highest BCUT2D eigenvalue weighted by molar-refractivity contribution is 5.88. The molecule has 10 heteroatoms.